The Hall–Kier alpha value is -3.53. The maximum Gasteiger partial charge on any atom is 0.393 e. The number of nitrogens with one attached hydrogen (secondary N) is 1. The fourth-order valence-electron chi connectivity index (χ4n) is 3.45. The van der Waals surface area contributed by atoms with E-state index >= 15 is 0 Å². The number of hydrogen-bond donors (Lipinski definition) is 2. The van der Waals surface area contributed by atoms with Gasteiger partial charge in [0.2, 0.25) is 5.91 Å². The molecule has 3 aromatic rings. The van der Waals surface area contributed by atoms with E-state index < -0.39 is 18.2 Å². The molecule has 2 N–H and O–H groups in total. The van der Waals surface area contributed by atoms with Crippen molar-refractivity contribution in [1.82, 2.24) is 15.0 Å². The van der Waals surface area contributed by atoms with Crippen LogP contribution in [0.25, 0.3) is 11.3 Å². The fraction of sp³-hybridized carbons (Fsp3) is 0.304. The number of fused-ring (bicyclic) bond motifs is 1. The van der Waals surface area contributed by atoms with Crippen molar-refractivity contribution in [2.24, 2.45) is 0 Å². The van der Waals surface area contributed by atoms with Crippen molar-refractivity contribution in [3.63, 3.8) is 0 Å². The summed E-state index contributed by atoms with van der Waals surface area (Å²) in [4.78, 5) is 27.3. The molecule has 33 heavy (non-hydrogen) atoms. The quantitative estimate of drug-likeness (QED) is 0.605. The molecule has 1 aliphatic rings. The van der Waals surface area contributed by atoms with E-state index in [0.29, 0.717) is 34.2 Å². The lowest BCUT2D eigenvalue weighted by Crippen LogP contribution is -2.40. The lowest BCUT2D eigenvalue weighted by atomic mass is 10.0. The lowest BCUT2D eigenvalue weighted by Gasteiger charge is -2.28. The molecule has 1 amide bonds. The number of nitrogens with zero attached hydrogens (tertiary/aromatic N) is 4. The van der Waals surface area contributed by atoms with Crippen LogP contribution in [-0.4, -0.2) is 38.7 Å². The minimum absolute atomic E-state index is 0.0367. The summed E-state index contributed by atoms with van der Waals surface area (Å²) in [6, 6.07) is 9.43. The third kappa shape index (κ3) is 5.28. The van der Waals surface area contributed by atoms with Gasteiger partial charge in [-0.1, -0.05) is 24.3 Å². The van der Waals surface area contributed by atoms with Gasteiger partial charge in [0.1, 0.15) is 5.60 Å². The van der Waals surface area contributed by atoms with Crippen LogP contribution in [0.2, 0.25) is 0 Å². The second-order valence-corrected chi connectivity index (χ2v) is 8.36. The molecule has 0 saturated carbocycles. The zero-order valence-corrected chi connectivity index (χ0v) is 18.0. The molecule has 0 atom stereocenters. The van der Waals surface area contributed by atoms with Gasteiger partial charge in [0, 0.05) is 11.8 Å². The molecule has 2 aromatic heterocycles. The summed E-state index contributed by atoms with van der Waals surface area (Å²) in [6.45, 7) is 3.46. The Kier molecular flexibility index (Phi) is 5.79. The minimum Gasteiger partial charge on any atom is -0.384 e. The van der Waals surface area contributed by atoms with Gasteiger partial charge in [0.15, 0.2) is 11.6 Å². The Morgan fingerprint density at radius 2 is 1.73 bits per heavy atom. The lowest BCUT2D eigenvalue weighted by molar-refractivity contribution is -0.127. The molecular weight excluding hydrogens is 435 g/mol. The van der Waals surface area contributed by atoms with Crippen LogP contribution in [0.4, 0.5) is 24.8 Å². The van der Waals surface area contributed by atoms with Crippen molar-refractivity contribution in [3.8, 4) is 11.3 Å². The maximum absolute atomic E-state index is 12.6. The third-order valence-electron chi connectivity index (χ3n) is 5.17. The molecule has 4 rings (SSSR count). The average molecular weight is 457 g/mol. The van der Waals surface area contributed by atoms with Crippen LogP contribution in [-0.2, 0) is 23.4 Å². The number of pyridine rings is 1. The molecule has 0 unspecified atom stereocenters. The first-order valence-electron chi connectivity index (χ1n) is 10.2. The van der Waals surface area contributed by atoms with E-state index in [2.05, 4.69) is 20.3 Å². The monoisotopic (exact) mass is 457 g/mol. The number of benzene rings is 1. The Balaban J connectivity index is 1.60. The van der Waals surface area contributed by atoms with E-state index in [-0.39, 0.29) is 24.6 Å². The first-order valence-corrected chi connectivity index (χ1v) is 10.2. The van der Waals surface area contributed by atoms with Gasteiger partial charge in [-0.3, -0.25) is 14.7 Å². The molecule has 3 heterocycles. The van der Waals surface area contributed by atoms with Gasteiger partial charge in [-0.25, -0.2) is 9.97 Å². The van der Waals surface area contributed by atoms with E-state index in [0.717, 1.165) is 0 Å². The molecule has 7 nitrogen and oxygen atoms in total. The van der Waals surface area contributed by atoms with E-state index in [4.69, 9.17) is 0 Å². The van der Waals surface area contributed by atoms with Crippen molar-refractivity contribution >= 4 is 17.5 Å². The highest BCUT2D eigenvalue weighted by atomic mass is 19.4. The molecule has 0 saturated heterocycles. The number of halogens is 3. The number of amides is 1. The summed E-state index contributed by atoms with van der Waals surface area (Å²) >= 11 is 0. The summed E-state index contributed by atoms with van der Waals surface area (Å²) in [7, 11) is 0. The summed E-state index contributed by atoms with van der Waals surface area (Å²) in [5.41, 5.74) is 1.40. The first-order chi connectivity index (χ1) is 15.5. The number of hydrogen-bond acceptors (Lipinski definition) is 6. The fourth-order valence-corrected chi connectivity index (χ4v) is 3.45. The molecule has 172 valence electrons. The number of carbonyl (C=O) groups is 1. The largest absolute Gasteiger partial charge is 0.393 e. The Morgan fingerprint density at radius 3 is 2.33 bits per heavy atom. The van der Waals surface area contributed by atoms with E-state index in [1.165, 1.54) is 17.0 Å². The number of aliphatic hydroxyl groups is 1. The van der Waals surface area contributed by atoms with Gasteiger partial charge in [-0.05, 0) is 37.1 Å². The number of alkyl halides is 3. The highest BCUT2D eigenvalue weighted by Gasteiger charge is 2.29. The molecular formula is C23H22F3N5O2. The van der Waals surface area contributed by atoms with E-state index in [9.17, 15) is 23.1 Å². The van der Waals surface area contributed by atoms with Crippen molar-refractivity contribution in [2.75, 3.05) is 16.8 Å². The predicted molar refractivity (Wildman–Crippen MR) is 116 cm³/mol. The van der Waals surface area contributed by atoms with Gasteiger partial charge in [0.05, 0.1) is 37.1 Å². The summed E-state index contributed by atoms with van der Waals surface area (Å²) < 4.78 is 37.8. The van der Waals surface area contributed by atoms with Gasteiger partial charge >= 0.3 is 6.18 Å². The average Bonchev–Trinajstić information content (AvgIpc) is 2.75. The highest BCUT2D eigenvalue weighted by Crippen LogP contribution is 2.30. The predicted octanol–water partition coefficient (Wildman–Crippen LogP) is 3.83. The van der Waals surface area contributed by atoms with Crippen LogP contribution in [0.1, 0.15) is 30.7 Å². The molecule has 1 aromatic carbocycles. The molecule has 1 aliphatic heterocycles. The smallest absolute Gasteiger partial charge is 0.384 e. The van der Waals surface area contributed by atoms with Gasteiger partial charge in [0.25, 0.3) is 0 Å². The highest BCUT2D eigenvalue weighted by molar-refractivity contribution is 6.00. The third-order valence-corrected chi connectivity index (χ3v) is 5.17. The second kappa shape index (κ2) is 8.43. The number of anilines is 2. The topological polar surface area (TPSA) is 91.2 Å². The molecule has 0 aliphatic carbocycles. The van der Waals surface area contributed by atoms with Crippen LogP contribution >= 0.6 is 0 Å². The Morgan fingerprint density at radius 1 is 1.03 bits per heavy atom. The first kappa shape index (κ1) is 22.7. The van der Waals surface area contributed by atoms with E-state index in [1.54, 1.807) is 50.5 Å². The maximum atomic E-state index is 12.6. The van der Waals surface area contributed by atoms with Gasteiger partial charge < -0.3 is 10.4 Å². The molecule has 0 spiro atoms. The number of carbonyl (C=O) groups excluding carboxylic acids is 1. The summed E-state index contributed by atoms with van der Waals surface area (Å²) in [6.07, 6.45) is -2.14. The van der Waals surface area contributed by atoms with Crippen LogP contribution in [0.3, 0.4) is 0 Å². The SMILES string of the molecule is CC(C)(O)c1ccc(-c2cnc3c(n2)N(Cc2ccc(CC(F)(F)F)cc2)C(=O)CN3)cn1. The van der Waals surface area contributed by atoms with Gasteiger partial charge in [-0.2, -0.15) is 13.2 Å². The Labute approximate surface area is 188 Å². The summed E-state index contributed by atoms with van der Waals surface area (Å²) in [5, 5.41) is 13.0. The van der Waals surface area contributed by atoms with Crippen LogP contribution in [0.15, 0.2) is 48.8 Å². The zero-order chi connectivity index (χ0) is 23.8. The molecule has 10 heteroatoms. The zero-order valence-electron chi connectivity index (χ0n) is 18.0. The Bertz CT molecular complexity index is 1160. The van der Waals surface area contributed by atoms with Crippen molar-refractivity contribution < 1.29 is 23.1 Å². The van der Waals surface area contributed by atoms with Gasteiger partial charge in [-0.15, -0.1) is 0 Å². The van der Waals surface area contributed by atoms with Crippen molar-refractivity contribution in [1.29, 1.82) is 0 Å². The van der Waals surface area contributed by atoms with Crippen molar-refractivity contribution in [3.05, 3.63) is 65.6 Å². The minimum atomic E-state index is -4.28. The van der Waals surface area contributed by atoms with Crippen molar-refractivity contribution in [2.45, 2.75) is 38.6 Å². The van der Waals surface area contributed by atoms with Crippen LogP contribution < -0.4 is 10.2 Å². The second-order valence-electron chi connectivity index (χ2n) is 8.36. The number of aromatic nitrogens is 3. The number of rotatable bonds is 5. The van der Waals surface area contributed by atoms with Crippen LogP contribution in [0.5, 0.6) is 0 Å². The standard InChI is InChI=1S/C23H22F3N5O2/c1-22(2,33)18-8-7-16(10-27-18)17-11-28-20-21(30-17)31(19(32)12-29-20)13-15-5-3-14(4-6-15)9-23(24,25)26/h3-8,10-11,33H,9,12-13H2,1-2H3,(H,28,29). The molecule has 0 fully saturated rings. The van der Waals surface area contributed by atoms with E-state index in [1.807, 2.05) is 0 Å². The molecule has 0 bridgehead atoms. The molecule has 0 radical (unpaired) electrons. The normalized spacial score (nSPS) is 14.1. The van der Waals surface area contributed by atoms with Crippen LogP contribution in [0, 0.1) is 0 Å². The summed E-state index contributed by atoms with van der Waals surface area (Å²) in [5.74, 6) is 0.534.